The molecule has 0 aliphatic carbocycles. The number of ether oxygens (including phenoxy) is 2. The molecule has 8 nitrogen and oxygen atoms in total. The van der Waals surface area contributed by atoms with Gasteiger partial charge in [-0.1, -0.05) is 12.1 Å². The molecule has 1 aliphatic rings. The first kappa shape index (κ1) is 26.2. The van der Waals surface area contributed by atoms with E-state index in [2.05, 4.69) is 25.8 Å². The Kier molecular flexibility index (Phi) is 7.01. The smallest absolute Gasteiger partial charge is 0.335 e. The van der Waals surface area contributed by atoms with Gasteiger partial charge in [-0.15, -0.1) is 0 Å². The summed E-state index contributed by atoms with van der Waals surface area (Å²) < 4.78 is 13.4. The van der Waals surface area contributed by atoms with Crippen molar-refractivity contribution in [1.82, 2.24) is 14.9 Å². The largest absolute Gasteiger partial charge is 0.497 e. The fourth-order valence-corrected chi connectivity index (χ4v) is 5.70. The molecule has 0 amide bonds. The van der Waals surface area contributed by atoms with Crippen LogP contribution in [0.5, 0.6) is 11.5 Å². The van der Waals surface area contributed by atoms with Gasteiger partial charge in [0.2, 0.25) is 0 Å². The molecule has 1 fully saturated rings. The number of carboxylic acid groups (broad SMARTS) is 1. The van der Waals surface area contributed by atoms with Crippen LogP contribution in [0.4, 0.5) is 5.69 Å². The molecule has 5 rings (SSSR count). The second-order valence-electron chi connectivity index (χ2n) is 9.50. The molecule has 9 heteroatoms. The Bertz CT molecular complexity index is 1570. The zero-order valence-corrected chi connectivity index (χ0v) is 23.2. The summed E-state index contributed by atoms with van der Waals surface area (Å²) >= 11 is 5.93. The first-order valence-electron chi connectivity index (χ1n) is 12.5. The first-order valence-corrected chi connectivity index (χ1v) is 12.9. The third-order valence-corrected chi connectivity index (χ3v) is 7.54. The number of benzene rings is 2. The number of rotatable bonds is 7. The van der Waals surface area contributed by atoms with Gasteiger partial charge in [-0.05, 0) is 86.6 Å². The summed E-state index contributed by atoms with van der Waals surface area (Å²) in [5, 5.41) is 13.7. The summed E-state index contributed by atoms with van der Waals surface area (Å²) in [6.45, 7) is 6.05. The van der Waals surface area contributed by atoms with E-state index in [0.717, 1.165) is 39.6 Å². The summed E-state index contributed by atoms with van der Waals surface area (Å²) in [4.78, 5) is 18.5. The zero-order chi connectivity index (χ0) is 27.8. The number of thiocarbonyl (C=S) groups is 1. The monoisotopic (exact) mass is 542 g/mol. The van der Waals surface area contributed by atoms with Gasteiger partial charge < -0.3 is 29.4 Å². The molecule has 4 aromatic rings. The lowest BCUT2D eigenvalue weighted by Crippen LogP contribution is -2.30. The van der Waals surface area contributed by atoms with Crippen LogP contribution in [0.1, 0.15) is 50.7 Å². The van der Waals surface area contributed by atoms with E-state index in [1.807, 2.05) is 63.2 Å². The maximum absolute atomic E-state index is 11.8. The van der Waals surface area contributed by atoms with Gasteiger partial charge in [0, 0.05) is 29.3 Å². The zero-order valence-electron chi connectivity index (χ0n) is 22.4. The number of aromatic carboxylic acids is 1. The molecule has 1 saturated heterocycles. The van der Waals surface area contributed by atoms with Gasteiger partial charge in [0.1, 0.15) is 11.5 Å². The summed E-state index contributed by atoms with van der Waals surface area (Å²) in [6, 6.07) is 18.3. The summed E-state index contributed by atoms with van der Waals surface area (Å²) in [7, 11) is 3.26. The molecule has 3 heterocycles. The normalized spacial score (nSPS) is 16.7. The van der Waals surface area contributed by atoms with E-state index in [0.29, 0.717) is 16.6 Å². The standard InChI is InChI=1S/C30H30N4O4S/c1-17-9-10-20(29(35)36)15-24(17)33-18(2)14-22(19(33)3)28-27(23-8-6-7-13-31-23)32-30(39)34(28)25-16-21(37-4)11-12-26(25)38-5/h6-16,27-28H,1-5H3,(H,32,39)(H,35,36)/t27-,28+/m1/s1. The third-order valence-electron chi connectivity index (χ3n) is 7.23. The number of methoxy groups -OCH3 is 2. The average molecular weight is 543 g/mol. The van der Waals surface area contributed by atoms with E-state index in [-0.39, 0.29) is 17.6 Å². The van der Waals surface area contributed by atoms with Crippen LogP contribution < -0.4 is 19.7 Å². The summed E-state index contributed by atoms with van der Waals surface area (Å²) in [5.74, 6) is 0.376. The second-order valence-corrected chi connectivity index (χ2v) is 9.89. The van der Waals surface area contributed by atoms with Crippen molar-refractivity contribution < 1.29 is 19.4 Å². The lowest BCUT2D eigenvalue weighted by molar-refractivity contribution is 0.0697. The molecular formula is C30H30N4O4S. The van der Waals surface area contributed by atoms with Crippen LogP contribution in [0.3, 0.4) is 0 Å². The Morgan fingerprint density at radius 2 is 1.79 bits per heavy atom. The lowest BCUT2D eigenvalue weighted by atomic mass is 9.96. The fraction of sp³-hybridized carbons (Fsp3) is 0.233. The van der Waals surface area contributed by atoms with Crippen molar-refractivity contribution in [1.29, 1.82) is 0 Å². The lowest BCUT2D eigenvalue weighted by Gasteiger charge is -2.29. The number of carboxylic acids is 1. The molecule has 0 bridgehead atoms. The summed E-state index contributed by atoms with van der Waals surface area (Å²) in [6.07, 6.45) is 1.77. The average Bonchev–Trinajstić information content (AvgIpc) is 3.43. The Morgan fingerprint density at radius 3 is 2.46 bits per heavy atom. The van der Waals surface area contributed by atoms with Gasteiger partial charge in [-0.25, -0.2) is 4.79 Å². The number of nitrogens with one attached hydrogen (secondary N) is 1. The highest BCUT2D eigenvalue weighted by molar-refractivity contribution is 7.80. The van der Waals surface area contributed by atoms with Gasteiger partial charge in [-0.2, -0.15) is 0 Å². The number of aromatic nitrogens is 2. The predicted molar refractivity (Wildman–Crippen MR) is 154 cm³/mol. The molecular weight excluding hydrogens is 512 g/mol. The minimum absolute atomic E-state index is 0.238. The maximum Gasteiger partial charge on any atom is 0.335 e. The predicted octanol–water partition coefficient (Wildman–Crippen LogP) is 5.69. The van der Waals surface area contributed by atoms with Crippen LogP contribution in [-0.4, -0.2) is 40.0 Å². The Morgan fingerprint density at radius 1 is 1.00 bits per heavy atom. The molecule has 200 valence electrons. The fourth-order valence-electron chi connectivity index (χ4n) is 5.36. The highest BCUT2D eigenvalue weighted by Gasteiger charge is 2.43. The first-order chi connectivity index (χ1) is 18.7. The number of anilines is 1. The van der Waals surface area contributed by atoms with Crippen molar-refractivity contribution in [2.45, 2.75) is 32.9 Å². The van der Waals surface area contributed by atoms with Gasteiger partial charge >= 0.3 is 5.97 Å². The topological polar surface area (TPSA) is 88.9 Å². The number of nitrogens with zero attached hydrogens (tertiary/aromatic N) is 3. The van der Waals surface area contributed by atoms with Crippen molar-refractivity contribution in [2.24, 2.45) is 0 Å². The number of hydrogen-bond acceptors (Lipinski definition) is 5. The molecule has 2 atom stereocenters. The molecule has 0 spiro atoms. The van der Waals surface area contributed by atoms with Crippen molar-refractivity contribution in [3.63, 3.8) is 0 Å². The number of hydrogen-bond donors (Lipinski definition) is 2. The van der Waals surface area contributed by atoms with E-state index in [1.165, 1.54) is 0 Å². The van der Waals surface area contributed by atoms with Crippen LogP contribution in [-0.2, 0) is 0 Å². The molecule has 2 N–H and O–H groups in total. The van der Waals surface area contributed by atoms with E-state index in [9.17, 15) is 9.90 Å². The van der Waals surface area contributed by atoms with Crippen LogP contribution in [0, 0.1) is 20.8 Å². The van der Waals surface area contributed by atoms with Crippen LogP contribution in [0.15, 0.2) is 66.9 Å². The third kappa shape index (κ3) is 4.59. The van der Waals surface area contributed by atoms with E-state index in [1.54, 1.807) is 32.5 Å². The van der Waals surface area contributed by atoms with Crippen LogP contribution in [0.2, 0.25) is 0 Å². The van der Waals surface area contributed by atoms with Crippen molar-refractivity contribution in [3.05, 3.63) is 101 Å². The molecule has 39 heavy (non-hydrogen) atoms. The van der Waals surface area contributed by atoms with Crippen LogP contribution in [0.25, 0.3) is 5.69 Å². The van der Waals surface area contributed by atoms with E-state index >= 15 is 0 Å². The second kappa shape index (κ2) is 10.4. The highest BCUT2D eigenvalue weighted by Crippen LogP contribution is 2.47. The number of aryl methyl sites for hydroxylation is 2. The highest BCUT2D eigenvalue weighted by atomic mass is 32.1. The van der Waals surface area contributed by atoms with Crippen molar-refractivity contribution in [2.75, 3.05) is 19.1 Å². The van der Waals surface area contributed by atoms with Gasteiger partial charge in [0.15, 0.2) is 5.11 Å². The molecule has 0 unspecified atom stereocenters. The van der Waals surface area contributed by atoms with Gasteiger partial charge in [-0.3, -0.25) is 4.98 Å². The Labute approximate surface area is 232 Å². The minimum atomic E-state index is -0.962. The van der Waals surface area contributed by atoms with Gasteiger partial charge in [0.25, 0.3) is 0 Å². The Balaban J connectivity index is 1.73. The molecule has 0 radical (unpaired) electrons. The van der Waals surface area contributed by atoms with Gasteiger partial charge in [0.05, 0.1) is 43.2 Å². The molecule has 0 saturated carbocycles. The SMILES string of the molecule is COc1ccc(OC)c(N2C(=S)N[C@H](c3ccccn3)[C@@H]2c2cc(C)n(-c3cc(C(=O)O)ccc3C)c2C)c1. The molecule has 2 aromatic carbocycles. The summed E-state index contributed by atoms with van der Waals surface area (Å²) in [5.41, 5.74) is 6.63. The molecule has 1 aliphatic heterocycles. The van der Waals surface area contributed by atoms with E-state index < -0.39 is 5.97 Å². The minimum Gasteiger partial charge on any atom is -0.497 e. The van der Waals surface area contributed by atoms with E-state index in [4.69, 9.17) is 21.7 Å². The number of pyridine rings is 1. The number of carbonyl (C=O) groups is 1. The Hall–Kier alpha value is -4.37. The quantitative estimate of drug-likeness (QED) is 0.288. The maximum atomic E-state index is 11.8. The molecule has 2 aromatic heterocycles. The van der Waals surface area contributed by atoms with Crippen molar-refractivity contribution in [3.8, 4) is 17.2 Å². The van der Waals surface area contributed by atoms with Crippen LogP contribution >= 0.6 is 12.2 Å². The van der Waals surface area contributed by atoms with Crippen molar-refractivity contribution >= 4 is 29.0 Å².